The van der Waals surface area contributed by atoms with Crippen molar-refractivity contribution < 1.29 is 0 Å². The average Bonchev–Trinajstić information content (AvgIpc) is 2.72. The SMILES string of the molecule is Cc1nsc(-n2ncc(C#N)c2N)n1. The molecule has 0 saturated carbocycles. The molecule has 0 aromatic carbocycles. The summed E-state index contributed by atoms with van der Waals surface area (Å²) in [6, 6.07) is 1.94. The van der Waals surface area contributed by atoms with Crippen molar-refractivity contribution in [2.45, 2.75) is 6.92 Å². The maximum absolute atomic E-state index is 8.67. The first-order valence-electron chi connectivity index (χ1n) is 3.76. The van der Waals surface area contributed by atoms with Crippen molar-refractivity contribution in [3.05, 3.63) is 17.6 Å². The van der Waals surface area contributed by atoms with Gasteiger partial charge < -0.3 is 5.73 Å². The fourth-order valence-electron chi connectivity index (χ4n) is 0.969. The highest BCUT2D eigenvalue weighted by atomic mass is 32.1. The summed E-state index contributed by atoms with van der Waals surface area (Å²) < 4.78 is 5.41. The number of rotatable bonds is 1. The van der Waals surface area contributed by atoms with Gasteiger partial charge in [0.15, 0.2) is 0 Å². The lowest BCUT2D eigenvalue weighted by atomic mass is 10.4. The van der Waals surface area contributed by atoms with Crippen molar-refractivity contribution >= 4 is 17.4 Å². The van der Waals surface area contributed by atoms with Crippen LogP contribution in [0, 0.1) is 18.3 Å². The second-order valence-corrected chi connectivity index (χ2v) is 3.32. The lowest BCUT2D eigenvalue weighted by Gasteiger charge is -1.95. The van der Waals surface area contributed by atoms with E-state index in [9.17, 15) is 0 Å². The number of aryl methyl sites for hydroxylation is 1. The Morgan fingerprint density at radius 3 is 2.93 bits per heavy atom. The van der Waals surface area contributed by atoms with Crippen LogP contribution in [0.25, 0.3) is 5.13 Å². The van der Waals surface area contributed by atoms with Gasteiger partial charge in [-0.1, -0.05) is 0 Å². The first-order valence-corrected chi connectivity index (χ1v) is 4.54. The van der Waals surface area contributed by atoms with Crippen LogP contribution in [0.1, 0.15) is 11.4 Å². The Hall–Kier alpha value is -1.94. The van der Waals surface area contributed by atoms with Crippen LogP contribution >= 0.6 is 11.5 Å². The van der Waals surface area contributed by atoms with Gasteiger partial charge in [-0.3, -0.25) is 0 Å². The topological polar surface area (TPSA) is 93.4 Å². The zero-order chi connectivity index (χ0) is 10.1. The minimum absolute atomic E-state index is 0.295. The van der Waals surface area contributed by atoms with Gasteiger partial charge >= 0.3 is 0 Å². The van der Waals surface area contributed by atoms with Gasteiger partial charge in [-0.25, -0.2) is 4.98 Å². The molecular formula is C7H6N6S. The predicted octanol–water partition coefficient (Wildman–Crippen LogP) is 0.486. The van der Waals surface area contributed by atoms with Crippen molar-refractivity contribution in [1.82, 2.24) is 19.1 Å². The molecule has 0 saturated heterocycles. The van der Waals surface area contributed by atoms with E-state index in [1.807, 2.05) is 6.07 Å². The Bertz CT molecular complexity index is 504. The Morgan fingerprint density at radius 1 is 1.64 bits per heavy atom. The van der Waals surface area contributed by atoms with Crippen LogP contribution in [0.4, 0.5) is 5.82 Å². The van der Waals surface area contributed by atoms with E-state index in [4.69, 9.17) is 11.0 Å². The lowest BCUT2D eigenvalue weighted by Crippen LogP contribution is -2.01. The van der Waals surface area contributed by atoms with Gasteiger partial charge in [0.25, 0.3) is 0 Å². The van der Waals surface area contributed by atoms with E-state index < -0.39 is 0 Å². The van der Waals surface area contributed by atoms with Crippen LogP contribution in [-0.2, 0) is 0 Å². The van der Waals surface area contributed by atoms with E-state index in [2.05, 4.69) is 14.5 Å². The summed E-state index contributed by atoms with van der Waals surface area (Å²) in [5.41, 5.74) is 6.02. The maximum Gasteiger partial charge on any atom is 0.232 e. The van der Waals surface area contributed by atoms with Gasteiger partial charge in [0.2, 0.25) is 5.13 Å². The van der Waals surface area contributed by atoms with Crippen molar-refractivity contribution in [3.63, 3.8) is 0 Å². The zero-order valence-corrected chi connectivity index (χ0v) is 8.12. The molecule has 2 aromatic rings. The molecular weight excluding hydrogens is 200 g/mol. The molecule has 0 atom stereocenters. The van der Waals surface area contributed by atoms with Crippen molar-refractivity contribution in [3.8, 4) is 11.2 Å². The fraction of sp³-hybridized carbons (Fsp3) is 0.143. The van der Waals surface area contributed by atoms with E-state index >= 15 is 0 Å². The number of hydrogen-bond acceptors (Lipinski definition) is 6. The Kier molecular flexibility index (Phi) is 1.90. The molecule has 2 heterocycles. The monoisotopic (exact) mass is 206 g/mol. The highest BCUT2D eigenvalue weighted by Gasteiger charge is 2.11. The van der Waals surface area contributed by atoms with Gasteiger partial charge in [0, 0.05) is 11.5 Å². The van der Waals surface area contributed by atoms with E-state index in [0.717, 1.165) is 0 Å². The smallest absolute Gasteiger partial charge is 0.232 e. The van der Waals surface area contributed by atoms with E-state index in [1.165, 1.54) is 22.4 Å². The number of nitrogens with two attached hydrogens (primary N) is 1. The third-order valence-corrected chi connectivity index (χ3v) is 2.41. The molecule has 6 nitrogen and oxygen atoms in total. The van der Waals surface area contributed by atoms with Gasteiger partial charge in [-0.15, -0.1) is 0 Å². The summed E-state index contributed by atoms with van der Waals surface area (Å²) in [6.07, 6.45) is 1.41. The molecule has 0 amide bonds. The molecule has 0 radical (unpaired) electrons. The average molecular weight is 206 g/mol. The van der Waals surface area contributed by atoms with Crippen LogP contribution in [0.15, 0.2) is 6.20 Å². The van der Waals surface area contributed by atoms with Crippen molar-refractivity contribution in [1.29, 1.82) is 5.26 Å². The molecule has 2 N–H and O–H groups in total. The van der Waals surface area contributed by atoms with E-state index in [1.54, 1.807) is 6.92 Å². The highest BCUT2D eigenvalue weighted by Crippen LogP contribution is 2.17. The first kappa shape index (κ1) is 8.65. The molecule has 70 valence electrons. The molecule has 0 unspecified atom stereocenters. The second kappa shape index (κ2) is 3.08. The molecule has 0 aliphatic rings. The Morgan fingerprint density at radius 2 is 2.43 bits per heavy atom. The number of nitrogen functional groups attached to an aromatic ring is 1. The molecule has 0 spiro atoms. The number of anilines is 1. The second-order valence-electron chi connectivity index (χ2n) is 2.59. The Labute approximate surface area is 83.8 Å². The van der Waals surface area contributed by atoms with Crippen LogP contribution in [0.3, 0.4) is 0 Å². The molecule has 14 heavy (non-hydrogen) atoms. The molecule has 7 heteroatoms. The van der Waals surface area contributed by atoms with Crippen LogP contribution in [0.2, 0.25) is 0 Å². The van der Waals surface area contributed by atoms with Crippen LogP contribution < -0.4 is 5.73 Å². The summed E-state index contributed by atoms with van der Waals surface area (Å²) in [5.74, 6) is 0.960. The van der Waals surface area contributed by atoms with E-state index in [0.29, 0.717) is 22.3 Å². The summed E-state index contributed by atoms with van der Waals surface area (Å²) in [5, 5.41) is 13.2. The number of aromatic nitrogens is 4. The third-order valence-electron chi connectivity index (χ3n) is 1.62. The number of hydrogen-bond donors (Lipinski definition) is 1. The highest BCUT2D eigenvalue weighted by molar-refractivity contribution is 7.08. The van der Waals surface area contributed by atoms with Crippen LogP contribution in [-0.4, -0.2) is 19.1 Å². The van der Waals surface area contributed by atoms with Gasteiger partial charge in [0.1, 0.15) is 23.3 Å². The van der Waals surface area contributed by atoms with Crippen molar-refractivity contribution in [2.75, 3.05) is 5.73 Å². The lowest BCUT2D eigenvalue weighted by molar-refractivity contribution is 0.874. The third kappa shape index (κ3) is 1.22. The summed E-state index contributed by atoms with van der Waals surface area (Å²) in [4.78, 5) is 4.11. The summed E-state index contributed by atoms with van der Waals surface area (Å²) >= 11 is 1.19. The summed E-state index contributed by atoms with van der Waals surface area (Å²) in [6.45, 7) is 1.78. The number of nitrogens with zero attached hydrogens (tertiary/aromatic N) is 5. The Balaban J connectivity index is 2.53. The largest absolute Gasteiger partial charge is 0.382 e. The normalized spacial score (nSPS) is 10.0. The standard InChI is InChI=1S/C7H6N6S/c1-4-11-7(14-12-4)13-6(9)5(2-8)3-10-13/h3H,9H2,1H3. The molecule has 0 fully saturated rings. The van der Waals surface area contributed by atoms with Gasteiger partial charge in [-0.2, -0.15) is 19.4 Å². The maximum atomic E-state index is 8.67. The predicted molar refractivity (Wildman–Crippen MR) is 50.9 cm³/mol. The van der Waals surface area contributed by atoms with Gasteiger partial charge in [0.05, 0.1) is 6.20 Å². The minimum atomic E-state index is 0.295. The van der Waals surface area contributed by atoms with E-state index in [-0.39, 0.29) is 0 Å². The number of nitriles is 1. The minimum Gasteiger partial charge on any atom is -0.382 e. The first-order chi connectivity index (χ1) is 6.72. The van der Waals surface area contributed by atoms with Crippen molar-refractivity contribution in [2.24, 2.45) is 0 Å². The fourth-order valence-corrected chi connectivity index (χ4v) is 1.62. The molecule has 0 bridgehead atoms. The molecule has 2 aromatic heterocycles. The quantitative estimate of drug-likeness (QED) is 0.732. The summed E-state index contributed by atoms with van der Waals surface area (Å²) in [7, 11) is 0. The molecule has 0 aliphatic heterocycles. The zero-order valence-electron chi connectivity index (χ0n) is 7.30. The molecule has 0 aliphatic carbocycles. The van der Waals surface area contributed by atoms with Gasteiger partial charge in [-0.05, 0) is 6.92 Å². The van der Waals surface area contributed by atoms with Crippen LogP contribution in [0.5, 0.6) is 0 Å². The molecule has 2 rings (SSSR count).